The zero-order valence-electron chi connectivity index (χ0n) is 11.7. The van der Waals surface area contributed by atoms with E-state index in [0.29, 0.717) is 0 Å². The van der Waals surface area contributed by atoms with E-state index in [2.05, 4.69) is 53.3 Å². The zero-order chi connectivity index (χ0) is 13.9. The molecule has 100 valence electrons. The Balaban J connectivity index is 2.16. The Morgan fingerprint density at radius 2 is 1.85 bits per heavy atom. The van der Waals surface area contributed by atoms with Crippen molar-refractivity contribution in [1.82, 2.24) is 15.2 Å². The Kier molecular flexibility index (Phi) is 3.33. The molecule has 0 unspecified atom stereocenters. The van der Waals surface area contributed by atoms with E-state index in [0.717, 1.165) is 34.5 Å². The van der Waals surface area contributed by atoms with Crippen molar-refractivity contribution in [2.45, 2.75) is 20.3 Å². The molecule has 1 N–H and O–H groups in total. The number of aromatic amines is 1. The van der Waals surface area contributed by atoms with Crippen LogP contribution >= 0.6 is 0 Å². The van der Waals surface area contributed by atoms with Gasteiger partial charge < -0.3 is 0 Å². The predicted molar refractivity (Wildman–Crippen MR) is 81.4 cm³/mol. The molecule has 3 rings (SSSR count). The summed E-state index contributed by atoms with van der Waals surface area (Å²) in [5.74, 6) is 0. The van der Waals surface area contributed by atoms with E-state index in [1.807, 2.05) is 24.5 Å². The van der Waals surface area contributed by atoms with Crippen LogP contribution in [0.25, 0.3) is 22.4 Å². The van der Waals surface area contributed by atoms with Gasteiger partial charge in [-0.1, -0.05) is 25.1 Å². The molecular formula is C17H17N3. The van der Waals surface area contributed by atoms with Gasteiger partial charge in [0.05, 0.1) is 0 Å². The van der Waals surface area contributed by atoms with Crippen molar-refractivity contribution in [2.75, 3.05) is 0 Å². The molecule has 0 aliphatic rings. The van der Waals surface area contributed by atoms with Crippen molar-refractivity contribution in [3.8, 4) is 22.4 Å². The molecule has 3 heteroatoms. The normalized spacial score (nSPS) is 10.7. The predicted octanol–water partition coefficient (Wildman–Crippen LogP) is 4.01. The Morgan fingerprint density at radius 3 is 2.60 bits per heavy atom. The van der Waals surface area contributed by atoms with Gasteiger partial charge in [0.2, 0.25) is 0 Å². The van der Waals surface area contributed by atoms with Crippen LogP contribution in [0, 0.1) is 6.92 Å². The third-order valence-corrected chi connectivity index (χ3v) is 3.52. The van der Waals surface area contributed by atoms with Crippen molar-refractivity contribution in [3.05, 3.63) is 60.0 Å². The number of hydrogen-bond donors (Lipinski definition) is 1. The molecular weight excluding hydrogens is 246 g/mol. The number of H-pyrrole nitrogens is 1. The highest BCUT2D eigenvalue weighted by atomic mass is 15.1. The van der Waals surface area contributed by atoms with Crippen molar-refractivity contribution in [1.29, 1.82) is 0 Å². The smallest absolute Gasteiger partial charge is 0.100 e. The first kappa shape index (κ1) is 12.6. The molecule has 0 atom stereocenters. The lowest BCUT2D eigenvalue weighted by atomic mass is 9.98. The molecule has 0 radical (unpaired) electrons. The third-order valence-electron chi connectivity index (χ3n) is 3.52. The molecule has 1 aromatic carbocycles. The molecule has 0 bridgehead atoms. The van der Waals surface area contributed by atoms with E-state index in [4.69, 9.17) is 0 Å². The Bertz CT molecular complexity index is 714. The second kappa shape index (κ2) is 5.29. The number of nitrogens with one attached hydrogen (secondary N) is 1. The molecule has 2 aromatic heterocycles. The molecule has 0 amide bonds. The number of rotatable bonds is 3. The summed E-state index contributed by atoms with van der Waals surface area (Å²) in [6, 6.07) is 12.6. The molecule has 0 spiro atoms. The quantitative estimate of drug-likeness (QED) is 0.775. The van der Waals surface area contributed by atoms with Crippen LogP contribution in [0.3, 0.4) is 0 Å². The Hall–Kier alpha value is -2.42. The molecule has 0 aliphatic heterocycles. The van der Waals surface area contributed by atoms with Crippen molar-refractivity contribution < 1.29 is 0 Å². The summed E-state index contributed by atoms with van der Waals surface area (Å²) in [6.07, 6.45) is 4.66. The van der Waals surface area contributed by atoms with Gasteiger partial charge in [-0.2, -0.15) is 5.10 Å². The monoisotopic (exact) mass is 263 g/mol. The van der Waals surface area contributed by atoms with Crippen LogP contribution in [0.5, 0.6) is 0 Å². The Morgan fingerprint density at radius 1 is 1.05 bits per heavy atom. The number of aryl methyl sites for hydroxylation is 2. The highest BCUT2D eigenvalue weighted by molar-refractivity contribution is 5.82. The van der Waals surface area contributed by atoms with Crippen LogP contribution in [0.2, 0.25) is 0 Å². The molecule has 3 nitrogen and oxygen atoms in total. The largest absolute Gasteiger partial charge is 0.282 e. The minimum Gasteiger partial charge on any atom is -0.282 e. The number of nitrogens with zero attached hydrogens (tertiary/aromatic N) is 2. The van der Waals surface area contributed by atoms with Crippen LogP contribution in [0.4, 0.5) is 0 Å². The lowest BCUT2D eigenvalue weighted by Crippen LogP contribution is -1.86. The topological polar surface area (TPSA) is 41.6 Å². The highest BCUT2D eigenvalue weighted by Gasteiger charge is 2.14. The van der Waals surface area contributed by atoms with Crippen LogP contribution in [0.1, 0.15) is 18.2 Å². The summed E-state index contributed by atoms with van der Waals surface area (Å²) in [6.45, 7) is 4.22. The van der Waals surface area contributed by atoms with Gasteiger partial charge in [-0.15, -0.1) is 0 Å². The Labute approximate surface area is 118 Å². The molecule has 20 heavy (non-hydrogen) atoms. The fourth-order valence-corrected chi connectivity index (χ4v) is 2.45. The summed E-state index contributed by atoms with van der Waals surface area (Å²) in [5.41, 5.74) is 6.85. The molecule has 0 saturated carbocycles. The average Bonchev–Trinajstić information content (AvgIpc) is 2.90. The standard InChI is InChI=1S/C17H17N3/c1-3-13-5-4-6-15(11-13)17-16(12(2)19-20-17)14-7-9-18-10-8-14/h4-11H,3H2,1-2H3,(H,19,20). The third kappa shape index (κ3) is 2.23. The van der Waals surface area contributed by atoms with Gasteiger partial charge in [-0.3, -0.25) is 10.1 Å². The maximum atomic E-state index is 4.49. The summed E-state index contributed by atoms with van der Waals surface area (Å²) in [4.78, 5) is 4.08. The zero-order valence-corrected chi connectivity index (χ0v) is 11.7. The first-order chi connectivity index (χ1) is 9.79. The highest BCUT2D eigenvalue weighted by Crippen LogP contribution is 2.32. The SMILES string of the molecule is CCc1cccc(-c2n[nH]c(C)c2-c2ccncc2)c1. The van der Waals surface area contributed by atoms with Gasteiger partial charge in [-0.05, 0) is 42.7 Å². The summed E-state index contributed by atoms with van der Waals surface area (Å²) in [5, 5.41) is 7.59. The van der Waals surface area contributed by atoms with Crippen LogP contribution in [-0.2, 0) is 6.42 Å². The molecule has 3 aromatic rings. The second-order valence-electron chi connectivity index (χ2n) is 4.86. The van der Waals surface area contributed by atoms with Gasteiger partial charge in [-0.25, -0.2) is 0 Å². The van der Waals surface area contributed by atoms with Crippen LogP contribution in [0.15, 0.2) is 48.8 Å². The number of pyridine rings is 1. The van der Waals surface area contributed by atoms with Crippen LogP contribution < -0.4 is 0 Å². The average molecular weight is 263 g/mol. The molecule has 0 aliphatic carbocycles. The minimum absolute atomic E-state index is 1.00. The summed E-state index contributed by atoms with van der Waals surface area (Å²) < 4.78 is 0. The van der Waals surface area contributed by atoms with E-state index in [1.54, 1.807) is 0 Å². The van der Waals surface area contributed by atoms with E-state index in [9.17, 15) is 0 Å². The number of benzene rings is 1. The lowest BCUT2D eigenvalue weighted by molar-refractivity contribution is 1.05. The van der Waals surface area contributed by atoms with Crippen molar-refractivity contribution in [3.63, 3.8) is 0 Å². The van der Waals surface area contributed by atoms with E-state index < -0.39 is 0 Å². The van der Waals surface area contributed by atoms with Crippen molar-refractivity contribution >= 4 is 0 Å². The number of hydrogen-bond acceptors (Lipinski definition) is 2. The summed E-state index contributed by atoms with van der Waals surface area (Å²) >= 11 is 0. The van der Waals surface area contributed by atoms with E-state index in [1.165, 1.54) is 5.56 Å². The van der Waals surface area contributed by atoms with Gasteiger partial charge in [0.25, 0.3) is 0 Å². The van der Waals surface area contributed by atoms with Gasteiger partial charge in [0.1, 0.15) is 5.69 Å². The molecule has 0 fully saturated rings. The summed E-state index contributed by atoms with van der Waals surface area (Å²) in [7, 11) is 0. The van der Waals surface area contributed by atoms with Gasteiger partial charge in [0, 0.05) is 29.2 Å². The van der Waals surface area contributed by atoms with E-state index in [-0.39, 0.29) is 0 Å². The van der Waals surface area contributed by atoms with Gasteiger partial charge in [0.15, 0.2) is 0 Å². The fourth-order valence-electron chi connectivity index (χ4n) is 2.45. The van der Waals surface area contributed by atoms with Crippen LogP contribution in [-0.4, -0.2) is 15.2 Å². The van der Waals surface area contributed by atoms with Gasteiger partial charge >= 0.3 is 0 Å². The maximum Gasteiger partial charge on any atom is 0.100 e. The number of aromatic nitrogens is 3. The fraction of sp³-hybridized carbons (Fsp3) is 0.176. The second-order valence-corrected chi connectivity index (χ2v) is 4.86. The molecule has 0 saturated heterocycles. The first-order valence-electron chi connectivity index (χ1n) is 6.84. The lowest BCUT2D eigenvalue weighted by Gasteiger charge is -2.05. The van der Waals surface area contributed by atoms with E-state index >= 15 is 0 Å². The van der Waals surface area contributed by atoms with Crippen molar-refractivity contribution in [2.24, 2.45) is 0 Å². The first-order valence-corrected chi connectivity index (χ1v) is 6.84. The molecule has 2 heterocycles. The maximum absolute atomic E-state index is 4.49. The minimum atomic E-state index is 1.00.